The minimum Gasteiger partial charge on any atom is -0.323 e. The highest BCUT2D eigenvalue weighted by molar-refractivity contribution is 6.39. The fourth-order valence-electron chi connectivity index (χ4n) is 2.06. The number of hydrogen-bond donors (Lipinski definition) is 1. The quantitative estimate of drug-likeness (QED) is 0.752. The number of aromatic nitrogens is 4. The summed E-state index contributed by atoms with van der Waals surface area (Å²) >= 11 is 12.0. The number of para-hydroxylation sites is 1. The third-order valence-electron chi connectivity index (χ3n) is 3.25. The number of aryl methyl sites for hydroxylation is 1. The van der Waals surface area contributed by atoms with Crippen molar-refractivity contribution in [2.24, 2.45) is 0 Å². The van der Waals surface area contributed by atoms with Gasteiger partial charge in [0, 0.05) is 12.0 Å². The van der Waals surface area contributed by atoms with Gasteiger partial charge in [0.15, 0.2) is 0 Å². The fraction of sp³-hybridized carbons (Fsp3) is 0.125. The number of anilines is 1. The zero-order chi connectivity index (χ0) is 16.9. The van der Waals surface area contributed by atoms with Gasteiger partial charge in [0.05, 0.1) is 22.3 Å². The fourth-order valence-corrected chi connectivity index (χ4v) is 2.55. The van der Waals surface area contributed by atoms with Crippen molar-refractivity contribution in [1.82, 2.24) is 20.2 Å². The highest BCUT2D eigenvalue weighted by Gasteiger charge is 2.11. The van der Waals surface area contributed by atoms with Crippen molar-refractivity contribution in [2.75, 3.05) is 5.32 Å². The van der Waals surface area contributed by atoms with Gasteiger partial charge >= 0.3 is 0 Å². The largest absolute Gasteiger partial charge is 0.323 e. The maximum absolute atomic E-state index is 12.0. The molecule has 8 heteroatoms. The molecular formula is C16H13Cl2N5O. The number of tetrazole rings is 1. The van der Waals surface area contributed by atoms with Gasteiger partial charge in [-0.3, -0.25) is 4.79 Å². The van der Waals surface area contributed by atoms with Crippen molar-refractivity contribution >= 4 is 34.8 Å². The van der Waals surface area contributed by atoms with Crippen LogP contribution in [-0.4, -0.2) is 26.1 Å². The monoisotopic (exact) mass is 361 g/mol. The molecule has 122 valence electrons. The maximum atomic E-state index is 12.0. The Morgan fingerprint density at radius 3 is 2.46 bits per heavy atom. The summed E-state index contributed by atoms with van der Waals surface area (Å²) < 4.78 is 0. The van der Waals surface area contributed by atoms with E-state index in [1.165, 1.54) is 4.80 Å². The number of benzene rings is 2. The number of rotatable bonds is 5. The second-order valence-corrected chi connectivity index (χ2v) is 5.78. The van der Waals surface area contributed by atoms with Gasteiger partial charge < -0.3 is 5.32 Å². The second-order valence-electron chi connectivity index (χ2n) is 4.97. The van der Waals surface area contributed by atoms with Gasteiger partial charge in [-0.15, -0.1) is 10.2 Å². The van der Waals surface area contributed by atoms with Crippen LogP contribution in [0.2, 0.25) is 10.0 Å². The Bertz CT molecular complexity index is 830. The van der Waals surface area contributed by atoms with E-state index in [9.17, 15) is 4.79 Å². The zero-order valence-corrected chi connectivity index (χ0v) is 14.0. The summed E-state index contributed by atoms with van der Waals surface area (Å²) in [5.41, 5.74) is 1.28. The van der Waals surface area contributed by atoms with Gasteiger partial charge in [-0.05, 0) is 17.3 Å². The molecule has 0 spiro atoms. The second kappa shape index (κ2) is 7.42. The van der Waals surface area contributed by atoms with Crippen molar-refractivity contribution in [3.63, 3.8) is 0 Å². The number of carbonyl (C=O) groups excluding carboxylic acids is 1. The van der Waals surface area contributed by atoms with Crippen LogP contribution in [0.4, 0.5) is 5.69 Å². The molecule has 0 saturated carbocycles. The van der Waals surface area contributed by atoms with Crippen LogP contribution in [0.3, 0.4) is 0 Å². The molecule has 2 aromatic carbocycles. The average molecular weight is 362 g/mol. The Morgan fingerprint density at radius 2 is 1.75 bits per heavy atom. The van der Waals surface area contributed by atoms with E-state index in [0.29, 0.717) is 28.1 Å². The molecule has 0 saturated heterocycles. The number of hydrogen-bond acceptors (Lipinski definition) is 4. The van der Waals surface area contributed by atoms with Crippen molar-refractivity contribution in [1.29, 1.82) is 0 Å². The molecule has 0 radical (unpaired) electrons. The molecule has 6 nitrogen and oxygen atoms in total. The first kappa shape index (κ1) is 16.4. The van der Waals surface area contributed by atoms with E-state index in [0.717, 1.165) is 5.56 Å². The molecule has 1 N–H and O–H groups in total. The van der Waals surface area contributed by atoms with Crippen LogP contribution in [0.1, 0.15) is 6.42 Å². The first-order chi connectivity index (χ1) is 11.6. The third kappa shape index (κ3) is 3.90. The lowest BCUT2D eigenvalue weighted by Gasteiger charge is -2.08. The summed E-state index contributed by atoms with van der Waals surface area (Å²) in [5, 5.41) is 15.7. The van der Waals surface area contributed by atoms with E-state index in [1.54, 1.807) is 18.2 Å². The normalized spacial score (nSPS) is 10.6. The molecule has 0 unspecified atom stereocenters. The number of carbonyl (C=O) groups is 1. The minimum absolute atomic E-state index is 0.173. The van der Waals surface area contributed by atoms with Gasteiger partial charge in [-0.1, -0.05) is 59.6 Å². The summed E-state index contributed by atoms with van der Waals surface area (Å²) in [7, 11) is 0. The molecule has 3 aromatic rings. The van der Waals surface area contributed by atoms with Crippen molar-refractivity contribution in [3.05, 3.63) is 58.6 Å². The van der Waals surface area contributed by atoms with Crippen molar-refractivity contribution < 1.29 is 4.79 Å². The van der Waals surface area contributed by atoms with Gasteiger partial charge in [0.1, 0.15) is 0 Å². The molecule has 1 aromatic heterocycles. The Balaban J connectivity index is 1.60. The molecule has 0 bridgehead atoms. The molecule has 0 aliphatic heterocycles. The molecule has 0 aliphatic rings. The molecule has 3 rings (SSSR count). The zero-order valence-electron chi connectivity index (χ0n) is 12.5. The van der Waals surface area contributed by atoms with Gasteiger partial charge in [-0.25, -0.2) is 0 Å². The predicted molar refractivity (Wildman–Crippen MR) is 93.0 cm³/mol. The highest BCUT2D eigenvalue weighted by Crippen LogP contribution is 2.29. The van der Waals surface area contributed by atoms with Crippen LogP contribution in [0.25, 0.3) is 11.4 Å². The number of nitrogens with one attached hydrogen (secondary N) is 1. The highest BCUT2D eigenvalue weighted by atomic mass is 35.5. The number of amides is 1. The lowest BCUT2D eigenvalue weighted by Crippen LogP contribution is -2.16. The number of nitrogens with zero attached hydrogens (tertiary/aromatic N) is 4. The molecule has 24 heavy (non-hydrogen) atoms. The molecule has 0 fully saturated rings. The Hall–Kier alpha value is -2.44. The topological polar surface area (TPSA) is 72.7 Å². The standard InChI is InChI=1S/C16H13Cl2N5O/c17-12-7-4-8-13(18)15(12)19-14(24)9-10-23-21-16(20-22-23)11-5-2-1-3-6-11/h1-8H,9-10H2,(H,19,24). The van der Waals surface area contributed by atoms with E-state index in [-0.39, 0.29) is 12.3 Å². The lowest BCUT2D eigenvalue weighted by atomic mass is 10.2. The van der Waals surface area contributed by atoms with Crippen LogP contribution in [0, 0.1) is 0 Å². The lowest BCUT2D eigenvalue weighted by molar-refractivity contribution is -0.116. The average Bonchev–Trinajstić information content (AvgIpc) is 3.06. The Kier molecular flexibility index (Phi) is 5.08. The van der Waals surface area contributed by atoms with E-state index < -0.39 is 0 Å². The summed E-state index contributed by atoms with van der Waals surface area (Å²) in [6, 6.07) is 14.5. The summed E-state index contributed by atoms with van der Waals surface area (Å²) in [5.74, 6) is 0.286. The summed E-state index contributed by atoms with van der Waals surface area (Å²) in [6.07, 6.45) is 0.173. The van der Waals surface area contributed by atoms with Crippen LogP contribution in [0.5, 0.6) is 0 Å². The first-order valence-electron chi connectivity index (χ1n) is 7.20. The molecule has 1 heterocycles. The van der Waals surface area contributed by atoms with Crippen molar-refractivity contribution in [3.8, 4) is 11.4 Å². The minimum atomic E-state index is -0.233. The van der Waals surface area contributed by atoms with Crippen LogP contribution in [0.15, 0.2) is 48.5 Å². The SMILES string of the molecule is O=C(CCn1nnc(-c2ccccc2)n1)Nc1c(Cl)cccc1Cl. The van der Waals surface area contributed by atoms with E-state index >= 15 is 0 Å². The molecule has 0 aliphatic carbocycles. The first-order valence-corrected chi connectivity index (χ1v) is 7.96. The molecule has 0 atom stereocenters. The van der Waals surface area contributed by atoms with Crippen molar-refractivity contribution in [2.45, 2.75) is 13.0 Å². The smallest absolute Gasteiger partial charge is 0.226 e. The summed E-state index contributed by atoms with van der Waals surface area (Å²) in [6.45, 7) is 0.299. The molecular weight excluding hydrogens is 349 g/mol. The van der Waals surface area contributed by atoms with E-state index in [1.807, 2.05) is 30.3 Å². The van der Waals surface area contributed by atoms with Crippen LogP contribution in [-0.2, 0) is 11.3 Å². The Labute approximate surface area is 148 Å². The van der Waals surface area contributed by atoms with Crippen LogP contribution >= 0.6 is 23.2 Å². The predicted octanol–water partition coefficient (Wildman–Crippen LogP) is 3.68. The maximum Gasteiger partial charge on any atom is 0.226 e. The van der Waals surface area contributed by atoms with Gasteiger partial charge in [0.2, 0.25) is 11.7 Å². The Morgan fingerprint density at radius 1 is 1.04 bits per heavy atom. The summed E-state index contributed by atoms with van der Waals surface area (Å²) in [4.78, 5) is 13.4. The van der Waals surface area contributed by atoms with Crippen LogP contribution < -0.4 is 5.32 Å². The third-order valence-corrected chi connectivity index (χ3v) is 3.88. The van der Waals surface area contributed by atoms with Gasteiger partial charge in [-0.2, -0.15) is 4.80 Å². The molecule has 1 amide bonds. The number of halogens is 2. The van der Waals surface area contributed by atoms with E-state index in [2.05, 4.69) is 20.7 Å². The van der Waals surface area contributed by atoms with Gasteiger partial charge in [0.25, 0.3) is 0 Å². The van der Waals surface area contributed by atoms with E-state index in [4.69, 9.17) is 23.2 Å².